The molecule has 4 rings (SSSR count). The van der Waals surface area contributed by atoms with Crippen LogP contribution in [-0.2, 0) is 9.47 Å². The molecule has 25 heavy (non-hydrogen) atoms. The Kier molecular flexibility index (Phi) is 4.01. The van der Waals surface area contributed by atoms with Gasteiger partial charge in [0.15, 0.2) is 17.0 Å². The van der Waals surface area contributed by atoms with Crippen LogP contribution >= 0.6 is 0 Å². The minimum atomic E-state index is -0.325. The third-order valence-corrected chi connectivity index (χ3v) is 4.53. The number of anilines is 2. The molecule has 2 aliphatic rings. The molecule has 2 saturated heterocycles. The van der Waals surface area contributed by atoms with Gasteiger partial charge in [-0.1, -0.05) is 0 Å². The molecule has 0 aromatic carbocycles. The smallest absolute Gasteiger partial charge is 0.409 e. The number of nitrogens with zero attached hydrogens (tertiary/aromatic N) is 6. The summed E-state index contributed by atoms with van der Waals surface area (Å²) in [6.07, 6.45) is 1.39. The number of fused-ring (bicyclic) bond motifs is 1. The Labute approximate surface area is 143 Å². The van der Waals surface area contributed by atoms with Gasteiger partial charge in [0.05, 0.1) is 32.7 Å². The van der Waals surface area contributed by atoms with Crippen LogP contribution in [0, 0.1) is 0 Å². The van der Waals surface area contributed by atoms with Gasteiger partial charge < -0.3 is 29.3 Å². The number of amides is 1. The van der Waals surface area contributed by atoms with E-state index in [9.17, 15) is 4.79 Å². The molecule has 3 N–H and O–H groups in total. The van der Waals surface area contributed by atoms with Crippen LogP contribution in [0.4, 0.5) is 16.6 Å². The van der Waals surface area contributed by atoms with E-state index in [4.69, 9.17) is 15.3 Å². The van der Waals surface area contributed by atoms with Crippen molar-refractivity contribution in [2.24, 2.45) is 5.84 Å². The van der Waals surface area contributed by atoms with Crippen LogP contribution in [0.25, 0.3) is 11.2 Å². The minimum absolute atomic E-state index is 0.0992. The van der Waals surface area contributed by atoms with E-state index in [1.54, 1.807) is 11.2 Å². The highest BCUT2D eigenvalue weighted by molar-refractivity contribution is 5.84. The number of aromatic nitrogens is 4. The van der Waals surface area contributed by atoms with Gasteiger partial charge in [-0.3, -0.25) is 0 Å². The van der Waals surface area contributed by atoms with E-state index < -0.39 is 0 Å². The van der Waals surface area contributed by atoms with Crippen molar-refractivity contribution < 1.29 is 14.3 Å². The molecule has 2 aromatic heterocycles. The number of nitrogens with two attached hydrogens (primary N) is 1. The Morgan fingerprint density at radius 1 is 1.36 bits per heavy atom. The first kappa shape index (κ1) is 15.8. The number of likely N-dealkylation sites (tertiary alicyclic amines) is 1. The first-order valence-corrected chi connectivity index (χ1v) is 8.08. The highest BCUT2D eigenvalue weighted by Crippen LogP contribution is 2.28. The van der Waals surface area contributed by atoms with Crippen LogP contribution in [0.1, 0.15) is 6.04 Å². The number of imidazole rings is 1. The van der Waals surface area contributed by atoms with E-state index in [1.165, 1.54) is 7.11 Å². The molecule has 0 aliphatic carbocycles. The molecule has 2 fully saturated rings. The van der Waals surface area contributed by atoms with Crippen LogP contribution in [0.5, 0.6) is 0 Å². The highest BCUT2D eigenvalue weighted by Gasteiger charge is 2.34. The number of hydrogen-bond acceptors (Lipinski definition) is 9. The maximum absolute atomic E-state index is 11.5. The molecule has 11 nitrogen and oxygen atoms in total. The molecule has 4 heterocycles. The maximum atomic E-state index is 11.5. The lowest BCUT2D eigenvalue weighted by Gasteiger charge is -2.38. The van der Waals surface area contributed by atoms with Crippen molar-refractivity contribution in [1.29, 1.82) is 0 Å². The van der Waals surface area contributed by atoms with Crippen molar-refractivity contribution in [3.05, 3.63) is 6.33 Å². The molecule has 134 valence electrons. The lowest BCUT2D eigenvalue weighted by Crippen LogP contribution is -2.50. The molecule has 0 saturated carbocycles. The van der Waals surface area contributed by atoms with E-state index >= 15 is 0 Å². The van der Waals surface area contributed by atoms with Crippen LogP contribution in [0.2, 0.25) is 0 Å². The third-order valence-electron chi connectivity index (χ3n) is 4.53. The average Bonchev–Trinajstić information content (AvgIpc) is 3.04. The lowest BCUT2D eigenvalue weighted by molar-refractivity contribution is 0.0721. The molecule has 0 bridgehead atoms. The summed E-state index contributed by atoms with van der Waals surface area (Å²) < 4.78 is 12.1. The number of ether oxygens (including phenoxy) is 2. The van der Waals surface area contributed by atoms with Crippen molar-refractivity contribution in [3.8, 4) is 0 Å². The fraction of sp³-hybridized carbons (Fsp3) is 0.571. The fourth-order valence-electron chi connectivity index (χ4n) is 3.09. The normalized spacial score (nSPS) is 18.3. The van der Waals surface area contributed by atoms with Crippen molar-refractivity contribution in [1.82, 2.24) is 24.4 Å². The molecule has 0 unspecified atom stereocenters. The topological polar surface area (TPSA) is 124 Å². The predicted molar refractivity (Wildman–Crippen MR) is 89.2 cm³/mol. The minimum Gasteiger partial charge on any atom is -0.453 e. The Hall–Kier alpha value is -2.66. The summed E-state index contributed by atoms with van der Waals surface area (Å²) in [5.41, 5.74) is 3.91. The van der Waals surface area contributed by atoms with E-state index in [0.717, 1.165) is 13.1 Å². The number of hydrogen-bond donors (Lipinski definition) is 2. The number of carbonyl (C=O) groups excluding carboxylic acids is 1. The second-order valence-corrected chi connectivity index (χ2v) is 5.97. The van der Waals surface area contributed by atoms with E-state index in [1.807, 2.05) is 4.57 Å². The average molecular weight is 348 g/mol. The molecule has 1 amide bonds. The summed E-state index contributed by atoms with van der Waals surface area (Å²) in [6.45, 7) is 3.85. The zero-order valence-corrected chi connectivity index (χ0v) is 13.9. The van der Waals surface area contributed by atoms with Crippen LogP contribution in [0.15, 0.2) is 6.33 Å². The summed E-state index contributed by atoms with van der Waals surface area (Å²) >= 11 is 0. The van der Waals surface area contributed by atoms with Gasteiger partial charge in [-0.15, -0.1) is 0 Å². The number of methoxy groups -OCH3 is 1. The zero-order valence-electron chi connectivity index (χ0n) is 13.9. The number of morpholine rings is 1. The summed E-state index contributed by atoms with van der Waals surface area (Å²) in [5, 5.41) is 0. The van der Waals surface area contributed by atoms with Gasteiger partial charge in [-0.05, 0) is 0 Å². The first-order valence-electron chi connectivity index (χ1n) is 8.08. The predicted octanol–water partition coefficient (Wildman–Crippen LogP) is -0.428. The Bertz CT molecular complexity index is 782. The number of nitrogens with one attached hydrogen (secondary N) is 1. The van der Waals surface area contributed by atoms with Crippen molar-refractivity contribution in [3.63, 3.8) is 0 Å². The van der Waals surface area contributed by atoms with Crippen LogP contribution in [-0.4, -0.2) is 77.0 Å². The summed E-state index contributed by atoms with van der Waals surface area (Å²) in [7, 11) is 1.38. The van der Waals surface area contributed by atoms with Gasteiger partial charge in [0, 0.05) is 26.2 Å². The first-order chi connectivity index (χ1) is 12.2. The van der Waals surface area contributed by atoms with Crippen molar-refractivity contribution in [2.45, 2.75) is 6.04 Å². The molecular weight excluding hydrogens is 328 g/mol. The van der Waals surface area contributed by atoms with Crippen LogP contribution < -0.4 is 16.2 Å². The SMILES string of the molecule is COC(=O)N1CC(n2cnc3c(NN)nc(N4CCOCC4)nc32)C1. The monoisotopic (exact) mass is 348 g/mol. The number of nitrogen functional groups attached to an aromatic ring is 1. The fourth-order valence-corrected chi connectivity index (χ4v) is 3.09. The number of carbonyl (C=O) groups is 1. The molecule has 2 aliphatic heterocycles. The van der Waals surface area contributed by atoms with E-state index in [2.05, 4.69) is 25.3 Å². The summed E-state index contributed by atoms with van der Waals surface area (Å²) in [6, 6.07) is 0.0992. The quantitative estimate of drug-likeness (QED) is 0.561. The molecular formula is C14H20N8O3. The molecule has 11 heteroatoms. The molecule has 2 aromatic rings. The number of rotatable bonds is 3. The Morgan fingerprint density at radius 3 is 2.80 bits per heavy atom. The van der Waals surface area contributed by atoms with Gasteiger partial charge in [0.2, 0.25) is 5.95 Å². The Balaban J connectivity index is 1.66. The van der Waals surface area contributed by atoms with Gasteiger partial charge in [0.1, 0.15) is 0 Å². The van der Waals surface area contributed by atoms with Gasteiger partial charge >= 0.3 is 6.09 Å². The highest BCUT2D eigenvalue weighted by atomic mass is 16.5. The maximum Gasteiger partial charge on any atom is 0.409 e. The van der Waals surface area contributed by atoms with Gasteiger partial charge in [-0.2, -0.15) is 9.97 Å². The van der Waals surface area contributed by atoms with Crippen molar-refractivity contribution >= 4 is 29.0 Å². The second-order valence-electron chi connectivity index (χ2n) is 5.97. The molecule has 0 atom stereocenters. The van der Waals surface area contributed by atoms with E-state index in [0.29, 0.717) is 49.2 Å². The lowest BCUT2D eigenvalue weighted by atomic mass is 10.1. The largest absolute Gasteiger partial charge is 0.453 e. The third kappa shape index (κ3) is 2.70. The van der Waals surface area contributed by atoms with E-state index in [-0.39, 0.29) is 12.1 Å². The standard InChI is InChI=1S/C14H20N8O3/c1-24-14(23)21-6-9(7-21)22-8-16-10-11(19-15)17-13(18-12(10)22)20-2-4-25-5-3-20/h8-9H,2-7,15H2,1H3,(H,17,18,19). The van der Waals surface area contributed by atoms with Gasteiger partial charge in [-0.25, -0.2) is 15.6 Å². The van der Waals surface area contributed by atoms with Crippen molar-refractivity contribution in [2.75, 3.05) is 56.8 Å². The number of hydrazine groups is 1. The summed E-state index contributed by atoms with van der Waals surface area (Å²) in [4.78, 5) is 28.8. The summed E-state index contributed by atoms with van der Waals surface area (Å²) in [5.74, 6) is 6.70. The Morgan fingerprint density at radius 2 is 2.12 bits per heavy atom. The second kappa shape index (κ2) is 6.33. The van der Waals surface area contributed by atoms with Gasteiger partial charge in [0.25, 0.3) is 0 Å². The van der Waals surface area contributed by atoms with Crippen LogP contribution in [0.3, 0.4) is 0 Å². The zero-order chi connectivity index (χ0) is 17.4. The molecule has 0 radical (unpaired) electrons. The molecule has 0 spiro atoms.